The molecule has 1 aromatic rings. The van der Waals surface area contributed by atoms with Crippen LogP contribution in [0, 0.1) is 0 Å². The number of ketones is 1. The first-order valence-corrected chi connectivity index (χ1v) is 5.00. The summed E-state index contributed by atoms with van der Waals surface area (Å²) in [5.41, 5.74) is 3.06. The van der Waals surface area contributed by atoms with Gasteiger partial charge in [0.2, 0.25) is 11.5 Å². The van der Waals surface area contributed by atoms with Gasteiger partial charge in [0.25, 0.3) is 0 Å². The molecule has 0 atom stereocenters. The summed E-state index contributed by atoms with van der Waals surface area (Å²) in [5, 5.41) is 3.75. The summed E-state index contributed by atoms with van der Waals surface area (Å²) in [7, 11) is 0. The highest BCUT2D eigenvalue weighted by Crippen LogP contribution is 2.08. The van der Waals surface area contributed by atoms with E-state index in [2.05, 4.69) is 10.5 Å². The average Bonchev–Trinajstić information content (AvgIpc) is 2.29. The molecule has 2 rings (SSSR count). The summed E-state index contributed by atoms with van der Waals surface area (Å²) in [6.07, 6.45) is 1.23. The van der Waals surface area contributed by atoms with Crippen LogP contribution in [0.2, 0.25) is 0 Å². The number of para-hydroxylation sites is 1. The van der Waals surface area contributed by atoms with Crippen molar-refractivity contribution in [3.63, 3.8) is 0 Å². The molecule has 1 aliphatic rings. The van der Waals surface area contributed by atoms with Gasteiger partial charge in [-0.05, 0) is 19.1 Å². The third-order valence-electron chi connectivity index (χ3n) is 2.09. The number of nitrogens with zero attached hydrogens (tertiary/aromatic N) is 1. The van der Waals surface area contributed by atoms with Crippen LogP contribution in [-0.4, -0.2) is 17.5 Å². The van der Waals surface area contributed by atoms with Crippen molar-refractivity contribution in [2.75, 3.05) is 5.43 Å². The number of rotatable bonds is 2. The van der Waals surface area contributed by atoms with Crippen molar-refractivity contribution in [1.29, 1.82) is 0 Å². The van der Waals surface area contributed by atoms with E-state index in [0.29, 0.717) is 5.69 Å². The zero-order valence-corrected chi connectivity index (χ0v) is 9.14. The molecule has 0 fully saturated rings. The molecule has 0 saturated heterocycles. The van der Waals surface area contributed by atoms with Crippen LogP contribution >= 0.6 is 0 Å². The number of nitrogens with one attached hydrogen (secondary N) is 1. The summed E-state index contributed by atoms with van der Waals surface area (Å²) in [6.45, 7) is 1.54. The molecule has 1 N–H and O–H groups in total. The van der Waals surface area contributed by atoms with E-state index in [1.807, 2.05) is 18.2 Å². The number of esters is 1. The largest absolute Gasteiger partial charge is 0.426 e. The lowest BCUT2D eigenvalue weighted by Gasteiger charge is -2.10. The highest BCUT2D eigenvalue weighted by atomic mass is 16.5. The first kappa shape index (κ1) is 11.1. The van der Waals surface area contributed by atoms with Gasteiger partial charge in [-0.25, -0.2) is 4.79 Å². The molecule has 1 heterocycles. The fourth-order valence-corrected chi connectivity index (χ4v) is 1.31. The zero-order chi connectivity index (χ0) is 12.3. The Bertz CT molecular complexity index is 518. The average molecular weight is 230 g/mol. The maximum absolute atomic E-state index is 11.5. The van der Waals surface area contributed by atoms with Gasteiger partial charge >= 0.3 is 5.97 Å². The molecular formula is C12H10N2O3. The van der Waals surface area contributed by atoms with Crippen LogP contribution in [0.4, 0.5) is 5.69 Å². The van der Waals surface area contributed by atoms with E-state index in [1.54, 1.807) is 12.1 Å². The maximum atomic E-state index is 11.5. The number of hydrogen-bond donors (Lipinski definition) is 1. The Morgan fingerprint density at radius 2 is 1.88 bits per heavy atom. The standard InChI is InChI=1S/C12H10N2O3/c1-8-7-10(15)11(12(16)17-8)14-13-9-5-3-2-4-6-9/h2-7,13H,1H3. The molecule has 0 radical (unpaired) electrons. The van der Waals surface area contributed by atoms with Crippen LogP contribution in [0.3, 0.4) is 0 Å². The van der Waals surface area contributed by atoms with Crippen LogP contribution in [0.15, 0.2) is 47.3 Å². The smallest absolute Gasteiger partial charge is 0.367 e. The molecule has 0 spiro atoms. The van der Waals surface area contributed by atoms with E-state index in [1.165, 1.54) is 13.0 Å². The summed E-state index contributed by atoms with van der Waals surface area (Å²) in [6, 6.07) is 9.01. The molecule has 17 heavy (non-hydrogen) atoms. The molecule has 0 aliphatic carbocycles. The molecule has 0 amide bonds. The van der Waals surface area contributed by atoms with Crippen molar-refractivity contribution in [3.8, 4) is 0 Å². The molecule has 0 bridgehead atoms. The molecule has 0 saturated carbocycles. The van der Waals surface area contributed by atoms with Gasteiger partial charge in [0.05, 0.1) is 5.69 Å². The first-order chi connectivity index (χ1) is 8.16. The predicted molar refractivity (Wildman–Crippen MR) is 62.4 cm³/mol. The van der Waals surface area contributed by atoms with Crippen LogP contribution in [-0.2, 0) is 14.3 Å². The van der Waals surface area contributed by atoms with E-state index in [9.17, 15) is 9.59 Å². The van der Waals surface area contributed by atoms with Gasteiger partial charge in [-0.2, -0.15) is 5.10 Å². The van der Waals surface area contributed by atoms with Crippen molar-refractivity contribution in [1.82, 2.24) is 0 Å². The maximum Gasteiger partial charge on any atom is 0.367 e. The van der Waals surface area contributed by atoms with Crippen LogP contribution < -0.4 is 5.43 Å². The van der Waals surface area contributed by atoms with Gasteiger partial charge in [0.1, 0.15) is 5.76 Å². The molecule has 1 aromatic carbocycles. The van der Waals surface area contributed by atoms with E-state index in [4.69, 9.17) is 4.74 Å². The lowest BCUT2D eigenvalue weighted by Crippen LogP contribution is -2.30. The second kappa shape index (κ2) is 4.61. The lowest BCUT2D eigenvalue weighted by molar-refractivity contribution is -0.133. The van der Waals surface area contributed by atoms with E-state index < -0.39 is 11.8 Å². The quantitative estimate of drug-likeness (QED) is 0.617. The molecule has 86 valence electrons. The Balaban J connectivity index is 2.18. The van der Waals surface area contributed by atoms with Gasteiger partial charge < -0.3 is 4.74 Å². The Morgan fingerprint density at radius 3 is 2.53 bits per heavy atom. The van der Waals surface area contributed by atoms with Crippen molar-refractivity contribution < 1.29 is 14.3 Å². The minimum Gasteiger partial charge on any atom is -0.426 e. The molecular weight excluding hydrogens is 220 g/mol. The van der Waals surface area contributed by atoms with E-state index >= 15 is 0 Å². The normalized spacial score (nSPS) is 17.7. The number of allylic oxidation sites excluding steroid dienone is 2. The van der Waals surface area contributed by atoms with Crippen molar-refractivity contribution in [3.05, 3.63) is 42.2 Å². The minimum absolute atomic E-state index is 0.251. The number of carbonyl (C=O) groups is 2. The van der Waals surface area contributed by atoms with Crippen molar-refractivity contribution in [2.24, 2.45) is 5.10 Å². The van der Waals surface area contributed by atoms with Crippen LogP contribution in [0.5, 0.6) is 0 Å². The Morgan fingerprint density at radius 1 is 1.18 bits per heavy atom. The number of ether oxygens (including phenoxy) is 1. The zero-order valence-electron chi connectivity index (χ0n) is 9.14. The lowest BCUT2D eigenvalue weighted by atomic mass is 10.2. The molecule has 5 heteroatoms. The molecule has 0 aromatic heterocycles. The minimum atomic E-state index is -0.738. The SMILES string of the molecule is CC1=CC(=O)C(=NNc2ccccc2)C(=O)O1. The summed E-state index contributed by atoms with van der Waals surface area (Å²) < 4.78 is 4.79. The highest BCUT2D eigenvalue weighted by molar-refractivity contribution is 6.67. The third-order valence-corrected chi connectivity index (χ3v) is 2.09. The number of hydrazone groups is 1. The van der Waals surface area contributed by atoms with Gasteiger partial charge in [-0.3, -0.25) is 10.2 Å². The van der Waals surface area contributed by atoms with Gasteiger partial charge in [0, 0.05) is 6.08 Å². The summed E-state index contributed by atoms with van der Waals surface area (Å²) >= 11 is 0. The van der Waals surface area contributed by atoms with E-state index in [-0.39, 0.29) is 11.5 Å². The topological polar surface area (TPSA) is 67.8 Å². The number of carbonyl (C=O) groups excluding carboxylic acids is 2. The van der Waals surface area contributed by atoms with Crippen molar-refractivity contribution >= 4 is 23.2 Å². The second-order valence-electron chi connectivity index (χ2n) is 3.45. The Labute approximate surface area is 97.8 Å². The van der Waals surface area contributed by atoms with Crippen LogP contribution in [0.1, 0.15) is 6.92 Å². The molecule has 1 aliphatic heterocycles. The Kier molecular flexibility index (Phi) is 3.00. The molecule has 0 unspecified atom stereocenters. The number of benzene rings is 1. The molecule has 5 nitrogen and oxygen atoms in total. The van der Waals surface area contributed by atoms with E-state index in [0.717, 1.165) is 0 Å². The van der Waals surface area contributed by atoms with Gasteiger partial charge in [0.15, 0.2) is 0 Å². The third kappa shape index (κ3) is 2.57. The van der Waals surface area contributed by atoms with Gasteiger partial charge in [-0.1, -0.05) is 18.2 Å². The highest BCUT2D eigenvalue weighted by Gasteiger charge is 2.26. The fourth-order valence-electron chi connectivity index (χ4n) is 1.31. The predicted octanol–water partition coefficient (Wildman–Crippen LogP) is 1.48. The summed E-state index contributed by atoms with van der Waals surface area (Å²) in [4.78, 5) is 22.9. The number of hydrogen-bond acceptors (Lipinski definition) is 5. The second-order valence-corrected chi connectivity index (χ2v) is 3.45. The first-order valence-electron chi connectivity index (χ1n) is 5.00. The van der Waals surface area contributed by atoms with Crippen molar-refractivity contribution in [2.45, 2.75) is 6.92 Å². The summed E-state index contributed by atoms with van der Waals surface area (Å²) in [5.74, 6) is -0.917. The van der Waals surface area contributed by atoms with Crippen LogP contribution in [0.25, 0.3) is 0 Å². The number of anilines is 1. The van der Waals surface area contributed by atoms with Gasteiger partial charge in [-0.15, -0.1) is 0 Å². The fraction of sp³-hybridized carbons (Fsp3) is 0.0833. The Hall–Kier alpha value is -2.43. The monoisotopic (exact) mass is 230 g/mol. The number of cyclic esters (lactones) is 1.